The summed E-state index contributed by atoms with van der Waals surface area (Å²) in [6, 6.07) is 8.43. The first kappa shape index (κ1) is 20.1. The average Bonchev–Trinajstić information content (AvgIpc) is 3.16. The lowest BCUT2D eigenvalue weighted by Crippen LogP contribution is -2.21. The Kier molecular flexibility index (Phi) is 5.56. The highest BCUT2D eigenvalue weighted by atomic mass is 32.2. The van der Waals surface area contributed by atoms with Crippen molar-refractivity contribution < 1.29 is 9.21 Å². The number of nitrogens with one attached hydrogen (secondary N) is 1. The van der Waals surface area contributed by atoms with Gasteiger partial charge in [-0.3, -0.25) is 14.2 Å². The van der Waals surface area contributed by atoms with Crippen molar-refractivity contribution in [2.45, 2.75) is 24.4 Å². The zero-order valence-corrected chi connectivity index (χ0v) is 17.6. The fourth-order valence-corrected chi connectivity index (χ4v) is 4.87. The molecular weight excluding hydrogens is 422 g/mol. The van der Waals surface area contributed by atoms with Crippen molar-refractivity contribution in [2.24, 2.45) is 0 Å². The van der Waals surface area contributed by atoms with Crippen LogP contribution in [0.5, 0.6) is 0 Å². The molecule has 30 heavy (non-hydrogen) atoms. The number of thiophene rings is 1. The minimum atomic E-state index is -0.484. The van der Waals surface area contributed by atoms with E-state index in [2.05, 4.69) is 16.9 Å². The minimum Gasteiger partial charge on any atom is -0.423 e. The molecule has 7 nitrogen and oxygen atoms in total. The highest BCUT2D eigenvalue weighted by Gasteiger charge is 2.14. The van der Waals surface area contributed by atoms with Gasteiger partial charge in [-0.2, -0.15) is 0 Å². The van der Waals surface area contributed by atoms with Gasteiger partial charge in [-0.15, -0.1) is 17.9 Å². The van der Waals surface area contributed by atoms with E-state index in [1.54, 1.807) is 28.8 Å². The molecule has 0 spiro atoms. The molecule has 1 amide bonds. The second-order valence-corrected chi connectivity index (χ2v) is 8.36. The number of rotatable bonds is 6. The number of thioether (sulfide) groups is 1. The maximum atomic E-state index is 12.8. The molecule has 0 fully saturated rings. The van der Waals surface area contributed by atoms with Gasteiger partial charge in [0, 0.05) is 42.4 Å². The van der Waals surface area contributed by atoms with Crippen LogP contribution in [0.15, 0.2) is 67.5 Å². The molecule has 0 atom stereocenters. The first-order chi connectivity index (χ1) is 14.5. The molecule has 0 saturated heterocycles. The van der Waals surface area contributed by atoms with Crippen LogP contribution in [0.3, 0.4) is 0 Å². The third-order valence-electron chi connectivity index (χ3n) is 4.35. The summed E-state index contributed by atoms with van der Waals surface area (Å²) in [6.45, 7) is 5.49. The van der Waals surface area contributed by atoms with E-state index in [1.807, 2.05) is 11.4 Å². The van der Waals surface area contributed by atoms with Crippen LogP contribution in [0.25, 0.3) is 21.2 Å². The van der Waals surface area contributed by atoms with E-state index in [0.29, 0.717) is 38.9 Å². The van der Waals surface area contributed by atoms with Crippen molar-refractivity contribution in [2.75, 3.05) is 5.32 Å². The second-order valence-electron chi connectivity index (χ2n) is 6.51. The summed E-state index contributed by atoms with van der Waals surface area (Å²) in [5.74, 6) is 0.208. The number of nitrogens with zero attached hydrogens (tertiary/aromatic N) is 2. The van der Waals surface area contributed by atoms with E-state index in [1.165, 1.54) is 36.1 Å². The van der Waals surface area contributed by atoms with E-state index < -0.39 is 5.63 Å². The van der Waals surface area contributed by atoms with Crippen molar-refractivity contribution in [3.63, 3.8) is 0 Å². The fourth-order valence-electron chi connectivity index (χ4n) is 3.10. The van der Waals surface area contributed by atoms with Crippen LogP contribution < -0.4 is 16.5 Å². The molecule has 3 aromatic heterocycles. The summed E-state index contributed by atoms with van der Waals surface area (Å²) in [5.41, 5.74) is 1.76. The van der Waals surface area contributed by atoms with Crippen molar-refractivity contribution >= 4 is 55.9 Å². The van der Waals surface area contributed by atoms with E-state index in [4.69, 9.17) is 4.42 Å². The van der Waals surface area contributed by atoms with Gasteiger partial charge in [0.2, 0.25) is 5.91 Å². The Morgan fingerprint density at radius 2 is 2.17 bits per heavy atom. The predicted octanol–water partition coefficient (Wildman–Crippen LogP) is 4.00. The van der Waals surface area contributed by atoms with Gasteiger partial charge < -0.3 is 9.73 Å². The van der Waals surface area contributed by atoms with Gasteiger partial charge in [0.1, 0.15) is 10.3 Å². The Bertz CT molecular complexity index is 1400. The first-order valence-electron chi connectivity index (χ1n) is 9.02. The third kappa shape index (κ3) is 3.94. The van der Waals surface area contributed by atoms with E-state index in [-0.39, 0.29) is 11.5 Å². The number of benzene rings is 1. The number of carbonyl (C=O) groups excluding carboxylic acids is 1. The molecule has 0 aliphatic heterocycles. The molecule has 0 aliphatic rings. The number of hydrogen-bond acceptors (Lipinski definition) is 7. The molecule has 152 valence electrons. The number of anilines is 1. The van der Waals surface area contributed by atoms with Crippen LogP contribution in [-0.4, -0.2) is 15.5 Å². The predicted molar refractivity (Wildman–Crippen MR) is 120 cm³/mol. The second kappa shape index (κ2) is 8.29. The molecule has 0 aliphatic carbocycles. The fraction of sp³-hybridized carbons (Fsp3) is 0.143. The third-order valence-corrected chi connectivity index (χ3v) is 6.27. The summed E-state index contributed by atoms with van der Waals surface area (Å²) in [6.07, 6.45) is 1.66. The lowest BCUT2D eigenvalue weighted by Gasteiger charge is -2.11. The molecule has 9 heteroatoms. The van der Waals surface area contributed by atoms with Crippen LogP contribution in [0, 0.1) is 0 Å². The summed E-state index contributed by atoms with van der Waals surface area (Å²) in [7, 11) is 0. The number of carbonyl (C=O) groups is 1. The Morgan fingerprint density at radius 1 is 1.33 bits per heavy atom. The van der Waals surface area contributed by atoms with Gasteiger partial charge in [-0.05, 0) is 29.1 Å². The summed E-state index contributed by atoms with van der Waals surface area (Å²) < 4.78 is 7.50. The minimum absolute atomic E-state index is 0.102. The van der Waals surface area contributed by atoms with Crippen LogP contribution in [-0.2, 0) is 17.1 Å². The zero-order chi connectivity index (χ0) is 21.3. The van der Waals surface area contributed by atoms with Crippen LogP contribution in [0.1, 0.15) is 12.5 Å². The number of amides is 1. The molecule has 4 aromatic rings. The topological polar surface area (TPSA) is 94.2 Å². The summed E-state index contributed by atoms with van der Waals surface area (Å²) in [5, 5.41) is 5.83. The molecule has 1 aromatic carbocycles. The Balaban J connectivity index is 1.72. The van der Waals surface area contributed by atoms with Crippen molar-refractivity contribution in [3.8, 4) is 0 Å². The number of allylic oxidation sites excluding steroid dienone is 1. The molecular formula is C21H17N3O4S2. The SMILES string of the molecule is C=CCn1c(SCc2cc(=O)oc3cc(NC(C)=O)ccc23)nc2ccsc2c1=O. The van der Waals surface area contributed by atoms with Gasteiger partial charge in [-0.25, -0.2) is 9.78 Å². The van der Waals surface area contributed by atoms with Gasteiger partial charge in [-0.1, -0.05) is 17.8 Å². The van der Waals surface area contributed by atoms with Crippen molar-refractivity contribution in [1.29, 1.82) is 0 Å². The molecule has 0 unspecified atom stereocenters. The van der Waals surface area contributed by atoms with Crippen LogP contribution in [0.4, 0.5) is 5.69 Å². The summed E-state index contributed by atoms with van der Waals surface area (Å²) in [4.78, 5) is 40.7. The molecule has 0 radical (unpaired) electrons. The smallest absolute Gasteiger partial charge is 0.336 e. The normalized spacial score (nSPS) is 11.1. The highest BCUT2D eigenvalue weighted by molar-refractivity contribution is 7.98. The van der Waals surface area contributed by atoms with E-state index >= 15 is 0 Å². The van der Waals surface area contributed by atoms with Crippen molar-refractivity contribution in [1.82, 2.24) is 9.55 Å². The first-order valence-corrected chi connectivity index (χ1v) is 10.9. The zero-order valence-electron chi connectivity index (χ0n) is 16.0. The monoisotopic (exact) mass is 439 g/mol. The van der Waals surface area contributed by atoms with Crippen molar-refractivity contribution in [3.05, 3.63) is 74.7 Å². The maximum Gasteiger partial charge on any atom is 0.336 e. The quantitative estimate of drug-likeness (QED) is 0.211. The van der Waals surface area contributed by atoms with E-state index in [9.17, 15) is 14.4 Å². The lowest BCUT2D eigenvalue weighted by atomic mass is 10.1. The lowest BCUT2D eigenvalue weighted by molar-refractivity contribution is -0.114. The number of aromatic nitrogens is 2. The molecule has 3 heterocycles. The van der Waals surface area contributed by atoms with Gasteiger partial charge in [0.05, 0.1) is 5.52 Å². The summed E-state index contributed by atoms with van der Waals surface area (Å²) >= 11 is 2.73. The van der Waals surface area contributed by atoms with Gasteiger partial charge in [0.15, 0.2) is 5.16 Å². The Hall–Kier alpha value is -3.17. The molecule has 4 rings (SSSR count). The molecule has 0 bridgehead atoms. The largest absolute Gasteiger partial charge is 0.423 e. The van der Waals surface area contributed by atoms with E-state index in [0.717, 1.165) is 10.9 Å². The highest BCUT2D eigenvalue weighted by Crippen LogP contribution is 2.28. The number of fused-ring (bicyclic) bond motifs is 2. The maximum absolute atomic E-state index is 12.8. The Labute approximate surface area is 179 Å². The van der Waals surface area contributed by atoms with Crippen LogP contribution in [0.2, 0.25) is 0 Å². The van der Waals surface area contributed by atoms with Crippen LogP contribution >= 0.6 is 23.1 Å². The van der Waals surface area contributed by atoms with Gasteiger partial charge in [0.25, 0.3) is 5.56 Å². The standard InChI is InChI=1S/C21H17N3O4S2/c1-3-7-24-20(27)19-16(6-8-29-19)23-21(24)30-11-13-9-18(26)28-17-10-14(22-12(2)25)4-5-15(13)17/h3-6,8-10H,1,7,11H2,2H3,(H,22,25). The number of hydrogen-bond donors (Lipinski definition) is 1. The molecule has 1 N–H and O–H groups in total. The molecule has 0 saturated carbocycles. The van der Waals surface area contributed by atoms with Gasteiger partial charge >= 0.3 is 5.63 Å². The Morgan fingerprint density at radius 3 is 2.93 bits per heavy atom. The average molecular weight is 440 g/mol.